The van der Waals surface area contributed by atoms with Crippen LogP contribution in [-0.2, 0) is 4.74 Å². The Kier molecular flexibility index (Phi) is 2.99. The van der Waals surface area contributed by atoms with Crippen LogP contribution in [0, 0.1) is 11.8 Å². The molecule has 0 N–H and O–H groups in total. The maximum Gasteiger partial charge on any atom is 0.339 e. The van der Waals surface area contributed by atoms with Crippen LogP contribution in [0.1, 0.15) is 23.2 Å². The number of hydrogen-bond donors (Lipinski definition) is 0. The highest BCUT2D eigenvalue weighted by Crippen LogP contribution is 2.41. The van der Waals surface area contributed by atoms with Gasteiger partial charge in [-0.25, -0.2) is 4.79 Å². The Morgan fingerprint density at radius 2 is 1.67 bits per heavy atom. The van der Waals surface area contributed by atoms with E-state index in [-0.39, 0.29) is 12.1 Å². The van der Waals surface area contributed by atoms with Crippen LogP contribution < -0.4 is 0 Å². The van der Waals surface area contributed by atoms with Gasteiger partial charge in [-0.3, -0.25) is 0 Å². The van der Waals surface area contributed by atoms with Gasteiger partial charge in [0.25, 0.3) is 0 Å². The van der Waals surface area contributed by atoms with Gasteiger partial charge in [-0.1, -0.05) is 48.6 Å². The number of fused-ring (bicyclic) bond motifs is 4. The van der Waals surface area contributed by atoms with Crippen LogP contribution in [0.4, 0.5) is 0 Å². The Morgan fingerprint density at radius 1 is 0.875 bits per heavy atom. The minimum atomic E-state index is -0.193. The summed E-state index contributed by atoms with van der Waals surface area (Å²) in [5, 5.41) is 4.39. The first-order valence-electron chi connectivity index (χ1n) is 8.59. The molecule has 24 heavy (non-hydrogen) atoms. The van der Waals surface area contributed by atoms with Gasteiger partial charge in [0.2, 0.25) is 0 Å². The number of hydrogen-bond acceptors (Lipinski definition) is 2. The first-order chi connectivity index (χ1) is 11.8. The molecule has 0 spiro atoms. The topological polar surface area (TPSA) is 26.3 Å². The predicted octanol–water partition coefficient (Wildman–Crippen LogP) is 5.11. The summed E-state index contributed by atoms with van der Waals surface area (Å²) in [6.07, 6.45) is 6.63. The van der Waals surface area contributed by atoms with Crippen molar-refractivity contribution in [2.75, 3.05) is 0 Å². The molecule has 3 aromatic rings. The summed E-state index contributed by atoms with van der Waals surface area (Å²) in [5.41, 5.74) is 0.671. The largest absolute Gasteiger partial charge is 0.458 e. The van der Waals surface area contributed by atoms with Gasteiger partial charge in [-0.15, -0.1) is 0 Å². The Bertz CT molecular complexity index is 986. The first-order valence-corrected chi connectivity index (χ1v) is 8.59. The number of ether oxygens (including phenoxy) is 1. The van der Waals surface area contributed by atoms with E-state index in [0.717, 1.165) is 29.0 Å². The zero-order chi connectivity index (χ0) is 16.1. The summed E-state index contributed by atoms with van der Waals surface area (Å²) in [6, 6.07) is 18.4. The minimum absolute atomic E-state index is 0.0446. The van der Waals surface area contributed by atoms with Gasteiger partial charge >= 0.3 is 5.97 Å². The van der Waals surface area contributed by atoms with Crippen LogP contribution in [-0.4, -0.2) is 12.1 Å². The molecule has 2 heteroatoms. The molecule has 0 heterocycles. The molecular weight excluding hydrogens is 296 g/mol. The van der Waals surface area contributed by atoms with Crippen LogP contribution in [0.25, 0.3) is 21.5 Å². The monoisotopic (exact) mass is 314 g/mol. The summed E-state index contributed by atoms with van der Waals surface area (Å²) >= 11 is 0. The molecule has 2 bridgehead atoms. The molecule has 0 saturated heterocycles. The Morgan fingerprint density at radius 3 is 2.42 bits per heavy atom. The maximum atomic E-state index is 12.8. The molecule has 2 nitrogen and oxygen atoms in total. The van der Waals surface area contributed by atoms with E-state index >= 15 is 0 Å². The number of benzene rings is 3. The lowest BCUT2D eigenvalue weighted by Crippen LogP contribution is -2.22. The highest BCUT2D eigenvalue weighted by atomic mass is 16.5. The van der Waals surface area contributed by atoms with E-state index in [4.69, 9.17) is 4.74 Å². The fraction of sp³-hybridized carbons (Fsp3) is 0.227. The van der Waals surface area contributed by atoms with Gasteiger partial charge in [0.1, 0.15) is 6.10 Å². The van der Waals surface area contributed by atoms with Gasteiger partial charge < -0.3 is 4.74 Å². The van der Waals surface area contributed by atoms with Crippen molar-refractivity contribution >= 4 is 27.5 Å². The average Bonchev–Trinajstić information content (AvgIpc) is 3.22. The molecule has 2 aliphatic carbocycles. The third-order valence-corrected chi connectivity index (χ3v) is 5.44. The molecule has 2 aliphatic rings. The molecule has 0 radical (unpaired) electrons. The zero-order valence-corrected chi connectivity index (χ0v) is 13.3. The quantitative estimate of drug-likeness (QED) is 0.373. The van der Waals surface area contributed by atoms with E-state index in [1.54, 1.807) is 0 Å². The lowest BCUT2D eigenvalue weighted by molar-refractivity contribution is 0.0244. The third kappa shape index (κ3) is 2.14. The van der Waals surface area contributed by atoms with E-state index in [9.17, 15) is 4.79 Å². The summed E-state index contributed by atoms with van der Waals surface area (Å²) in [5.74, 6) is 0.820. The van der Waals surface area contributed by atoms with Crippen LogP contribution in [0.2, 0.25) is 0 Å². The zero-order valence-electron chi connectivity index (χ0n) is 13.3. The van der Waals surface area contributed by atoms with Crippen molar-refractivity contribution in [3.8, 4) is 0 Å². The van der Waals surface area contributed by atoms with E-state index in [1.165, 1.54) is 5.39 Å². The molecule has 0 amide bonds. The predicted molar refractivity (Wildman–Crippen MR) is 96.0 cm³/mol. The standard InChI is InChI=1S/C22H18O2/c23-22(24-21-11-14-8-9-18(21)10-14)19-7-3-6-17-12-15-4-1-2-5-16(15)13-20(17)19/h1-9,12-14,18,21H,10-11H2. The lowest BCUT2D eigenvalue weighted by Gasteiger charge is -2.19. The molecule has 1 fully saturated rings. The summed E-state index contributed by atoms with van der Waals surface area (Å²) < 4.78 is 5.86. The maximum absolute atomic E-state index is 12.8. The average molecular weight is 314 g/mol. The highest BCUT2D eigenvalue weighted by Gasteiger charge is 2.38. The van der Waals surface area contributed by atoms with E-state index in [0.29, 0.717) is 17.4 Å². The normalized spacial score (nSPS) is 24.8. The molecule has 0 aliphatic heterocycles. The molecule has 1 saturated carbocycles. The second-order valence-electron chi connectivity index (χ2n) is 6.95. The summed E-state index contributed by atoms with van der Waals surface area (Å²) in [6.45, 7) is 0. The van der Waals surface area contributed by atoms with Crippen molar-refractivity contribution < 1.29 is 9.53 Å². The van der Waals surface area contributed by atoms with Crippen molar-refractivity contribution in [2.24, 2.45) is 11.8 Å². The number of rotatable bonds is 2. The molecule has 0 aromatic heterocycles. The lowest BCUT2D eigenvalue weighted by atomic mass is 9.99. The van der Waals surface area contributed by atoms with Gasteiger partial charge in [0.05, 0.1) is 5.56 Å². The molecule has 5 rings (SSSR count). The Hall–Kier alpha value is -2.61. The van der Waals surface area contributed by atoms with Crippen molar-refractivity contribution in [3.05, 3.63) is 72.3 Å². The summed E-state index contributed by atoms with van der Waals surface area (Å²) in [7, 11) is 0. The molecule has 118 valence electrons. The highest BCUT2D eigenvalue weighted by molar-refractivity contribution is 6.09. The van der Waals surface area contributed by atoms with Crippen LogP contribution in [0.15, 0.2) is 66.7 Å². The second-order valence-corrected chi connectivity index (χ2v) is 6.95. The second kappa shape index (κ2) is 5.20. The Balaban J connectivity index is 1.54. The van der Waals surface area contributed by atoms with Crippen molar-refractivity contribution in [2.45, 2.75) is 18.9 Å². The molecule has 3 aromatic carbocycles. The molecular formula is C22H18O2. The fourth-order valence-corrected chi connectivity index (χ4v) is 4.21. The van der Waals surface area contributed by atoms with E-state index < -0.39 is 0 Å². The SMILES string of the molecule is O=C(OC1CC2C=CC1C2)c1cccc2cc3ccccc3cc12. The third-order valence-electron chi connectivity index (χ3n) is 5.44. The number of carbonyl (C=O) groups excluding carboxylic acids is 1. The van der Waals surface area contributed by atoms with Crippen molar-refractivity contribution in [1.29, 1.82) is 0 Å². The number of allylic oxidation sites excluding steroid dienone is 1. The minimum Gasteiger partial charge on any atom is -0.458 e. The van der Waals surface area contributed by atoms with E-state index in [1.807, 2.05) is 24.3 Å². The first kappa shape index (κ1) is 13.8. The summed E-state index contributed by atoms with van der Waals surface area (Å²) in [4.78, 5) is 12.8. The van der Waals surface area contributed by atoms with E-state index in [2.05, 4.69) is 42.5 Å². The number of carbonyl (C=O) groups is 1. The van der Waals surface area contributed by atoms with Crippen LogP contribution >= 0.6 is 0 Å². The fourth-order valence-electron chi connectivity index (χ4n) is 4.21. The Labute approximate surface area is 140 Å². The van der Waals surface area contributed by atoms with Gasteiger partial charge in [0.15, 0.2) is 0 Å². The van der Waals surface area contributed by atoms with Crippen LogP contribution in [0.5, 0.6) is 0 Å². The smallest absolute Gasteiger partial charge is 0.339 e. The number of esters is 1. The van der Waals surface area contributed by atoms with Crippen molar-refractivity contribution in [3.63, 3.8) is 0 Å². The van der Waals surface area contributed by atoms with Gasteiger partial charge in [-0.2, -0.15) is 0 Å². The van der Waals surface area contributed by atoms with Gasteiger partial charge in [0, 0.05) is 5.92 Å². The van der Waals surface area contributed by atoms with Gasteiger partial charge in [-0.05, 0) is 58.5 Å². The van der Waals surface area contributed by atoms with Crippen molar-refractivity contribution in [1.82, 2.24) is 0 Å². The van der Waals surface area contributed by atoms with Crippen LogP contribution in [0.3, 0.4) is 0 Å². The molecule has 3 atom stereocenters. The molecule has 3 unspecified atom stereocenters.